The Bertz CT molecular complexity index is 6430. The highest BCUT2D eigenvalue weighted by molar-refractivity contribution is 7.53. The lowest BCUT2D eigenvalue weighted by atomic mass is 10.1. The van der Waals surface area contributed by atoms with Crippen LogP contribution in [0.5, 0.6) is 0 Å². The molecule has 138 heavy (non-hydrogen) atoms. The molecule has 0 spiro atoms. The van der Waals surface area contributed by atoms with Crippen LogP contribution in [0.2, 0.25) is 0 Å². The number of aliphatic hydroxyl groups is 4. The van der Waals surface area contributed by atoms with Gasteiger partial charge >= 0.3 is 45.8 Å². The molecule has 0 radical (unpaired) electrons. The average molecular weight is 2060 g/mol. The number of anilines is 6. The Labute approximate surface area is 767 Å². The Balaban J connectivity index is 0.000000132. The predicted molar refractivity (Wildman–Crippen MR) is 453 cm³/mol. The lowest BCUT2D eigenvalue weighted by Crippen LogP contribution is -2.38. The summed E-state index contributed by atoms with van der Waals surface area (Å²) in [6, 6.07) is 4.58. The van der Waals surface area contributed by atoms with Crippen LogP contribution < -0.4 is 40.0 Å². The molecule has 9 aliphatic rings. The van der Waals surface area contributed by atoms with Crippen LogP contribution in [0, 0.1) is 0 Å². The van der Waals surface area contributed by atoms with Crippen LogP contribution in [0.4, 0.5) is 43.4 Å². The van der Waals surface area contributed by atoms with E-state index in [2.05, 4.69) is 74.8 Å². The van der Waals surface area contributed by atoms with E-state index in [1.165, 1.54) is 91.8 Å². The van der Waals surface area contributed by atoms with E-state index in [9.17, 15) is 82.0 Å². The maximum atomic E-state index is 16.0. The van der Waals surface area contributed by atoms with Crippen molar-refractivity contribution in [3.05, 3.63) is 97.8 Å². The average Bonchev–Trinajstić information content (AvgIpc) is 1.73. The maximum Gasteiger partial charge on any atom is 0.472 e. The van der Waals surface area contributed by atoms with Crippen molar-refractivity contribution in [2.24, 2.45) is 0 Å². The van der Waals surface area contributed by atoms with Gasteiger partial charge < -0.3 is 159 Å². The number of phosphoric ester groups is 1. The number of aliphatic hydroxyl groups excluding tert-OH is 4. The van der Waals surface area contributed by atoms with Crippen LogP contribution in [-0.2, 0) is 111 Å². The molecule has 21 rings (SSSR count). The van der Waals surface area contributed by atoms with Crippen LogP contribution in [-0.4, -0.2) is 333 Å². The Hall–Kier alpha value is -9.77. The number of aromatic nitrogens is 21. The molecule has 62 nitrogen and oxygen atoms in total. The summed E-state index contributed by atoms with van der Waals surface area (Å²) in [6.45, 7) is -4.13. The van der Waals surface area contributed by atoms with Gasteiger partial charge in [-0.15, -0.1) is 0 Å². The number of halogens is 2. The minimum Gasteiger partial charge on any atom is -0.397 e. The Morgan fingerprint density at radius 3 is 0.949 bits per heavy atom. The third-order valence-electron chi connectivity index (χ3n) is 23.1. The lowest BCUT2D eigenvalue weighted by molar-refractivity contribution is -0.0655. The van der Waals surface area contributed by atoms with Gasteiger partial charge in [0.1, 0.15) is 170 Å². The number of H-pyrrole nitrogens is 1. The second-order valence-corrected chi connectivity index (χ2v) is 42.5. The van der Waals surface area contributed by atoms with Gasteiger partial charge in [-0.25, -0.2) is 78.1 Å². The Morgan fingerprint density at radius 2 is 0.601 bits per heavy atom. The van der Waals surface area contributed by atoms with Crippen molar-refractivity contribution >= 4 is 147 Å². The number of alkyl halides is 2. The molecule has 0 amide bonds. The quantitative estimate of drug-likeness (QED) is 0.0831. The van der Waals surface area contributed by atoms with Crippen LogP contribution >= 0.6 is 45.8 Å². The molecule has 21 heterocycles. The smallest absolute Gasteiger partial charge is 0.397 e. The van der Waals surface area contributed by atoms with Crippen molar-refractivity contribution in [3.8, 4) is 0 Å². The summed E-state index contributed by atoms with van der Waals surface area (Å²) in [5.41, 5.74) is 37.5. The number of pyridine rings is 3. The molecule has 9 fully saturated rings. The summed E-state index contributed by atoms with van der Waals surface area (Å²) in [5.74, 6) is -0.144. The molecule has 744 valence electrons. The van der Waals surface area contributed by atoms with Crippen LogP contribution in [0.1, 0.15) is 37.4 Å². The first-order valence-corrected chi connectivity index (χ1v) is 51.3. The van der Waals surface area contributed by atoms with Gasteiger partial charge in [0, 0.05) is 18.6 Å². The number of imidazole rings is 6. The molecule has 0 aromatic carbocycles. The van der Waals surface area contributed by atoms with Crippen molar-refractivity contribution < 1.29 is 170 Å². The van der Waals surface area contributed by atoms with E-state index in [1.807, 2.05) is 0 Å². The van der Waals surface area contributed by atoms with E-state index in [-0.39, 0.29) is 79.2 Å². The van der Waals surface area contributed by atoms with Gasteiger partial charge in [-0.05, 0) is 18.2 Å². The van der Waals surface area contributed by atoms with Gasteiger partial charge in [-0.1, -0.05) is 0 Å². The second kappa shape index (κ2) is 37.9. The predicted octanol–water partition coefficient (Wildman–Crippen LogP) is -1.63. The molecule has 0 bridgehead atoms. The van der Waals surface area contributed by atoms with Gasteiger partial charge in [-0.2, -0.15) is 4.98 Å². The summed E-state index contributed by atoms with van der Waals surface area (Å²) >= 11 is 0. The molecule has 12 unspecified atom stereocenters. The Morgan fingerprint density at radius 1 is 0.333 bits per heavy atom. The largest absolute Gasteiger partial charge is 0.472 e. The zero-order valence-electron chi connectivity index (χ0n) is 70.2. The van der Waals surface area contributed by atoms with E-state index in [4.69, 9.17) is 118 Å². The van der Waals surface area contributed by atoms with Gasteiger partial charge in [0.25, 0.3) is 5.56 Å². The fourth-order valence-electron chi connectivity index (χ4n) is 16.6. The monoisotopic (exact) mass is 2060 g/mol. The molecule has 0 aliphatic carbocycles. The van der Waals surface area contributed by atoms with E-state index in [0.29, 0.717) is 22.4 Å². The molecule has 23 N–H and O–H groups in total. The molecule has 9 saturated heterocycles. The van der Waals surface area contributed by atoms with Gasteiger partial charge in [-0.3, -0.25) is 69.1 Å². The zero-order valence-corrected chi connectivity index (χ0v) is 75.6. The SMILES string of the molecule is Nc1ccnc2c1ncn2[C@@H]1O[C@@H]2COP(=O)(O)COC3[C@@H](COP(=O)(O)COC2[C@@H]1O)O[C@@H](n1cnc2c(N)ncnc21)[C@H]3O.Nc1ccnc2c1ncn2[C@@H]1O[C@@H]2COP(=O)(O)COC3[C@@H](O)[C@H](n4cnc5c(N)ncnc54)O[C@@H]3COP(=O)(O)COC2[C@H]1O.Nc1nc2c(ncn2[C@@H]2O[C@@H]3COP(=O)(O)COC4[C@@H](COP(=O)(O)OC3[C@@H]2F)O[C@@H](n2cnc3c(N)ccnc32)[C@H]4F)c(=O)[nH]1. The third kappa shape index (κ3) is 19.2. The molecule has 12 aromatic rings. The molecule has 12 aromatic heterocycles. The van der Waals surface area contributed by atoms with Crippen LogP contribution in [0.25, 0.3) is 67.0 Å². The molecule has 0 saturated carbocycles. The fourth-order valence-corrected chi connectivity index (χ4v) is 21.7. The number of nitrogens with zero attached hydrogens (tertiary/aromatic N) is 20. The second-order valence-electron chi connectivity index (χ2n) is 32.2. The van der Waals surface area contributed by atoms with E-state index in [0.717, 1.165) is 10.9 Å². The van der Waals surface area contributed by atoms with Gasteiger partial charge in [0.15, 0.2) is 101 Å². The number of nitrogens with one attached hydrogen (secondary N) is 1. The highest BCUT2D eigenvalue weighted by Crippen LogP contribution is 2.56. The van der Waals surface area contributed by atoms with Crippen LogP contribution in [0.15, 0.2) is 92.2 Å². The zero-order chi connectivity index (χ0) is 97.3. The number of hydrogen-bond acceptors (Lipinski definition) is 49. The maximum absolute atomic E-state index is 16.0. The molecular weight excluding hydrogens is 1980 g/mol. The van der Waals surface area contributed by atoms with E-state index < -0.39 is 270 Å². The third-order valence-corrected chi connectivity index (χ3v) is 29.3. The van der Waals surface area contributed by atoms with E-state index in [1.54, 1.807) is 12.1 Å². The minimum absolute atomic E-state index is 0.0824. The van der Waals surface area contributed by atoms with Crippen molar-refractivity contribution in [1.82, 2.24) is 102 Å². The first-order valence-electron chi connectivity index (χ1n) is 40.9. The van der Waals surface area contributed by atoms with E-state index >= 15 is 8.78 Å². The standard InChI is InChI=1S/2C23H29N9O12P2.C22H25F2N9O11P2/c2*24-10-1-2-26-20-13(10)29-6-31(20)22-15(33)17-11(43-22)3-41-46(37,38)9-40-18-12(4-42-45(35,36)8-39-17)44-23(16(18)34)32-7-30-14-19(25)27-5-28-21(14)32;23-11-15-9(42-20(11)32-5-28-13-8(25)1-2-27-17(13)32)4-41-46(37,38)44-16-10(3-40-45(35,36)7-39-15)43-21(12(16)24)33-6-29-14-18(33)30-22(26)31-19(14)34/h2*1-2,5-7,11-12,15-18,22-23,33-34H,3-4,8-9H2,(H2,24,26)(H,35,36)(H,37,38)(H2,25,27,28);1-2,5-6,9-12,15-16,20-21H,3-4,7H2,(H2,25,27)(H,35,36)(H,37,38)(H3,26,30,31,34)/t11-,12-,15+,16+,17?,18?,22-,23-;11-,12-,15-,16-,17?,18?,22-,23-;9-,10-,11+,12+,15?,16?,20-,21-/m111/s1. The summed E-state index contributed by atoms with van der Waals surface area (Å²) in [7, 11) is -28.0. The highest BCUT2D eigenvalue weighted by Gasteiger charge is 2.58. The number of nitrogen functional groups attached to an aromatic ring is 6. The number of aromatic amines is 1. The number of ether oxygens (including phenoxy) is 11. The Kier molecular flexibility index (Phi) is 26.7. The molecule has 9 aliphatic heterocycles. The number of phosphoric acid groups is 1. The topological polar surface area (TPSA) is 870 Å². The molecule has 30 atom stereocenters. The summed E-state index contributed by atoms with van der Waals surface area (Å²) in [6.07, 6.45) is -25.7. The fraction of sp³-hybridized carbons (Fsp3) is 0.515. The first-order chi connectivity index (χ1) is 65.7. The number of hydrogen-bond donors (Lipinski definition) is 17. The van der Waals surface area contributed by atoms with Crippen molar-refractivity contribution in [1.29, 1.82) is 0 Å². The number of nitrogens with two attached hydrogens (primary N) is 6. The summed E-state index contributed by atoms with van der Waals surface area (Å²) < 4.78 is 217. The summed E-state index contributed by atoms with van der Waals surface area (Å²) in [4.78, 5) is 135. The van der Waals surface area contributed by atoms with Crippen molar-refractivity contribution in [2.75, 3.05) is 106 Å². The van der Waals surface area contributed by atoms with Gasteiger partial charge in [0.05, 0.1) is 94.7 Å². The minimum atomic E-state index is -5.18. The number of rotatable bonds is 6. The van der Waals surface area contributed by atoms with Crippen LogP contribution in [0.3, 0.4) is 0 Å². The summed E-state index contributed by atoms with van der Waals surface area (Å²) in [5, 5.41) is 44.8. The van der Waals surface area contributed by atoms with Crippen molar-refractivity contribution in [3.63, 3.8) is 0 Å². The number of fused-ring (bicyclic) bond motifs is 12. The normalized spacial score (nSPS) is 37.6. The molecular formula is C68H83F2N27O35P6. The van der Waals surface area contributed by atoms with Gasteiger partial charge in [0.2, 0.25) is 5.95 Å². The highest BCUT2D eigenvalue weighted by atomic mass is 31.2. The first kappa shape index (κ1) is 97.1. The molecule has 70 heteroatoms. The van der Waals surface area contributed by atoms with Crippen molar-refractivity contribution in [2.45, 2.75) is 147 Å². The lowest BCUT2D eigenvalue weighted by Gasteiger charge is -2.26.